The van der Waals surface area contributed by atoms with Crippen molar-refractivity contribution in [1.82, 2.24) is 4.98 Å². The van der Waals surface area contributed by atoms with E-state index in [0.717, 1.165) is 21.0 Å². The molecule has 1 heterocycles. The summed E-state index contributed by atoms with van der Waals surface area (Å²) in [6.45, 7) is 0. The average Bonchev–Trinajstić information content (AvgIpc) is 2.67. The highest BCUT2D eigenvalue weighted by Crippen LogP contribution is 2.30. The summed E-state index contributed by atoms with van der Waals surface area (Å²) in [5, 5.41) is 6.18. The molecule has 3 nitrogen and oxygen atoms in total. The second-order valence-electron chi connectivity index (χ2n) is 2.95. The van der Waals surface area contributed by atoms with Crippen LogP contribution in [0.1, 0.15) is 0 Å². The molecule has 0 aliphatic rings. The quantitative estimate of drug-likeness (QED) is 0.915. The van der Waals surface area contributed by atoms with Gasteiger partial charge in [0.1, 0.15) is 10.9 Å². The van der Waals surface area contributed by atoms with Gasteiger partial charge in [0, 0.05) is 17.1 Å². The molecule has 0 fully saturated rings. The second-order valence-corrected chi connectivity index (χ2v) is 5.05. The molecule has 2 rings (SSSR count). The minimum absolute atomic E-state index is 0.497. The van der Waals surface area contributed by atoms with Crippen molar-refractivity contribution in [1.29, 1.82) is 0 Å². The highest BCUT2D eigenvalue weighted by atomic mass is 79.9. The van der Waals surface area contributed by atoms with Crippen molar-refractivity contribution in [2.24, 2.45) is 0 Å². The van der Waals surface area contributed by atoms with Crippen LogP contribution in [-0.2, 0) is 0 Å². The van der Waals surface area contributed by atoms with E-state index >= 15 is 0 Å². The summed E-state index contributed by atoms with van der Waals surface area (Å²) in [5.74, 6) is 0.771. The van der Waals surface area contributed by atoms with Crippen LogP contribution in [0.5, 0.6) is 5.75 Å². The molecule has 84 valence electrons. The lowest BCUT2D eigenvalue weighted by atomic mass is 10.3. The third-order valence-corrected chi connectivity index (χ3v) is 3.61. The monoisotopic (exact) mass is 318 g/mol. The highest BCUT2D eigenvalue weighted by molar-refractivity contribution is 9.10. The second kappa shape index (κ2) is 5.03. The van der Waals surface area contributed by atoms with Crippen molar-refractivity contribution in [2.75, 3.05) is 12.4 Å². The fourth-order valence-electron chi connectivity index (χ4n) is 1.17. The summed E-state index contributed by atoms with van der Waals surface area (Å²) in [5.41, 5.74) is 0.908. The van der Waals surface area contributed by atoms with Crippen molar-refractivity contribution in [3.05, 3.63) is 33.2 Å². The van der Waals surface area contributed by atoms with Crippen molar-refractivity contribution >= 4 is 49.7 Å². The number of nitrogens with one attached hydrogen (secondary N) is 1. The molecule has 0 bridgehead atoms. The van der Waals surface area contributed by atoms with Crippen molar-refractivity contribution in [3.8, 4) is 5.75 Å². The van der Waals surface area contributed by atoms with E-state index < -0.39 is 0 Å². The maximum Gasteiger partial charge on any atom is 0.188 e. The zero-order valence-electron chi connectivity index (χ0n) is 8.33. The number of benzene rings is 1. The highest BCUT2D eigenvalue weighted by Gasteiger charge is 2.04. The van der Waals surface area contributed by atoms with E-state index in [1.54, 1.807) is 12.5 Å². The molecule has 0 amide bonds. The lowest BCUT2D eigenvalue weighted by Crippen LogP contribution is -1.91. The molecule has 6 heteroatoms. The van der Waals surface area contributed by atoms with Crippen LogP contribution in [-0.4, -0.2) is 12.1 Å². The lowest BCUT2D eigenvalue weighted by molar-refractivity contribution is 0.412. The summed E-state index contributed by atoms with van der Waals surface area (Å²) < 4.78 is 6.11. The summed E-state index contributed by atoms with van der Waals surface area (Å²) in [6, 6.07) is 5.73. The van der Waals surface area contributed by atoms with Crippen LogP contribution in [0.15, 0.2) is 28.1 Å². The molecule has 0 atom stereocenters. The van der Waals surface area contributed by atoms with Crippen molar-refractivity contribution < 1.29 is 4.74 Å². The zero-order valence-corrected chi connectivity index (χ0v) is 11.5. The molecule has 0 radical (unpaired) electrons. The van der Waals surface area contributed by atoms with Gasteiger partial charge in [-0.2, -0.15) is 0 Å². The Morgan fingerprint density at radius 1 is 1.50 bits per heavy atom. The summed E-state index contributed by atoms with van der Waals surface area (Å²) in [4.78, 5) is 4.10. The molecule has 0 saturated heterocycles. The van der Waals surface area contributed by atoms with E-state index in [9.17, 15) is 0 Å². The number of methoxy groups -OCH3 is 1. The number of rotatable bonds is 3. The third kappa shape index (κ3) is 2.66. The fourth-order valence-corrected chi connectivity index (χ4v) is 2.44. The predicted octanol–water partition coefficient (Wildman–Crippen LogP) is 4.31. The Morgan fingerprint density at radius 3 is 2.94 bits per heavy atom. The maximum atomic E-state index is 5.74. The van der Waals surface area contributed by atoms with Crippen LogP contribution in [0.3, 0.4) is 0 Å². The molecule has 1 aromatic carbocycles. The van der Waals surface area contributed by atoms with Crippen LogP contribution < -0.4 is 10.1 Å². The van der Waals surface area contributed by atoms with Gasteiger partial charge < -0.3 is 10.1 Å². The first kappa shape index (κ1) is 11.7. The number of hydrogen-bond acceptors (Lipinski definition) is 4. The normalized spacial score (nSPS) is 10.2. The van der Waals surface area contributed by atoms with Gasteiger partial charge in [-0.1, -0.05) is 11.6 Å². The first-order chi connectivity index (χ1) is 7.69. The number of anilines is 2. The number of ether oxygens (including phenoxy) is 1. The van der Waals surface area contributed by atoms with Crippen LogP contribution in [0.25, 0.3) is 0 Å². The Hall–Kier alpha value is -0.780. The van der Waals surface area contributed by atoms with E-state index in [-0.39, 0.29) is 0 Å². The Kier molecular flexibility index (Phi) is 3.68. The van der Waals surface area contributed by atoms with E-state index in [0.29, 0.717) is 5.15 Å². The van der Waals surface area contributed by atoms with Gasteiger partial charge in [-0.15, -0.1) is 11.3 Å². The summed E-state index contributed by atoms with van der Waals surface area (Å²) in [6.07, 6.45) is 0. The zero-order chi connectivity index (χ0) is 11.5. The third-order valence-electron chi connectivity index (χ3n) is 1.88. The van der Waals surface area contributed by atoms with Crippen LogP contribution in [0.4, 0.5) is 10.8 Å². The largest absolute Gasteiger partial charge is 0.495 e. The molecule has 2 aromatic rings. The van der Waals surface area contributed by atoms with Crippen molar-refractivity contribution in [3.63, 3.8) is 0 Å². The van der Waals surface area contributed by atoms with Crippen LogP contribution in [0.2, 0.25) is 5.15 Å². The number of halogens is 2. The van der Waals surface area contributed by atoms with Gasteiger partial charge in [-0.3, -0.25) is 0 Å². The molecule has 1 N–H and O–H groups in total. The molecular formula is C10H8BrClN2OS. The fraction of sp³-hybridized carbons (Fsp3) is 0.100. The van der Waals surface area contributed by atoms with E-state index in [1.807, 2.05) is 18.2 Å². The molecule has 0 unspecified atom stereocenters. The minimum Gasteiger partial charge on any atom is -0.495 e. The van der Waals surface area contributed by atoms with Crippen molar-refractivity contribution in [2.45, 2.75) is 0 Å². The van der Waals surface area contributed by atoms with Crippen LogP contribution in [0, 0.1) is 0 Å². The van der Waals surface area contributed by atoms with Gasteiger partial charge in [0.05, 0.1) is 11.6 Å². The first-order valence-electron chi connectivity index (χ1n) is 4.40. The molecule has 0 spiro atoms. The summed E-state index contributed by atoms with van der Waals surface area (Å²) >= 11 is 10.6. The van der Waals surface area contributed by atoms with Gasteiger partial charge in [0.15, 0.2) is 5.13 Å². The van der Waals surface area contributed by atoms with Gasteiger partial charge in [-0.05, 0) is 28.1 Å². The van der Waals surface area contributed by atoms with E-state index in [4.69, 9.17) is 16.3 Å². The topological polar surface area (TPSA) is 34.1 Å². The number of aromatic nitrogens is 1. The van der Waals surface area contributed by atoms with Gasteiger partial charge in [0.25, 0.3) is 0 Å². The number of nitrogens with zero attached hydrogens (tertiary/aromatic N) is 1. The predicted molar refractivity (Wildman–Crippen MR) is 71.1 cm³/mol. The smallest absolute Gasteiger partial charge is 0.188 e. The van der Waals surface area contributed by atoms with Gasteiger partial charge >= 0.3 is 0 Å². The average molecular weight is 320 g/mol. The van der Waals surface area contributed by atoms with Gasteiger partial charge in [0.2, 0.25) is 0 Å². The van der Waals surface area contributed by atoms with E-state index in [1.165, 1.54) is 11.3 Å². The molecule has 16 heavy (non-hydrogen) atoms. The maximum absolute atomic E-state index is 5.74. The molecular weight excluding hydrogens is 312 g/mol. The Morgan fingerprint density at radius 2 is 2.31 bits per heavy atom. The first-order valence-corrected chi connectivity index (χ1v) is 6.45. The number of thiazole rings is 1. The van der Waals surface area contributed by atoms with E-state index in [2.05, 4.69) is 26.2 Å². The SMILES string of the molecule is COc1cc(Nc2nc(Cl)cs2)ccc1Br. The summed E-state index contributed by atoms with van der Waals surface area (Å²) in [7, 11) is 1.63. The molecule has 1 aromatic heterocycles. The molecule has 0 aliphatic carbocycles. The standard InChI is InChI=1S/C10H8BrClN2OS/c1-15-8-4-6(2-3-7(8)11)13-10-14-9(12)5-16-10/h2-5H,1H3,(H,13,14). The lowest BCUT2D eigenvalue weighted by Gasteiger charge is -2.06. The number of hydrogen-bond donors (Lipinski definition) is 1. The molecule has 0 saturated carbocycles. The Labute approximate surface area is 111 Å². The Bertz CT molecular complexity index is 503. The Balaban J connectivity index is 2.21. The molecule has 0 aliphatic heterocycles. The van der Waals surface area contributed by atoms with Gasteiger partial charge in [-0.25, -0.2) is 4.98 Å². The minimum atomic E-state index is 0.497. The van der Waals surface area contributed by atoms with Crippen LogP contribution >= 0.6 is 38.9 Å².